The summed E-state index contributed by atoms with van der Waals surface area (Å²) in [5.41, 5.74) is 4.63. The molecule has 0 spiro atoms. The van der Waals surface area contributed by atoms with E-state index in [-0.39, 0.29) is 6.42 Å². The standard InChI is InChI=1S/C29H25N3O4/c1-20-28(30-29(35-20)23-10-6-3-7-11-23)36-25-15-12-21(13-16-25)18-32-19-24(14-17-26(33)34)27(31-32)22-8-4-2-5-9-22/h2-13,15-16,19H,14,17-18H2,1H3,(H,33,34). The van der Waals surface area contributed by atoms with Gasteiger partial charge in [-0.1, -0.05) is 60.7 Å². The highest BCUT2D eigenvalue weighted by atomic mass is 16.5. The maximum atomic E-state index is 11.1. The normalized spacial score (nSPS) is 10.9. The monoisotopic (exact) mass is 479 g/mol. The molecular formula is C29H25N3O4. The minimum Gasteiger partial charge on any atom is -0.481 e. The highest BCUT2D eigenvalue weighted by Crippen LogP contribution is 2.30. The smallest absolute Gasteiger partial charge is 0.303 e. The first-order chi connectivity index (χ1) is 17.5. The van der Waals surface area contributed by atoms with Crippen molar-refractivity contribution >= 4 is 5.97 Å². The quantitative estimate of drug-likeness (QED) is 0.264. The number of nitrogens with zero attached hydrogens (tertiary/aromatic N) is 3. The SMILES string of the molecule is Cc1oc(-c2ccccc2)nc1Oc1ccc(Cn2cc(CCC(=O)O)c(-c3ccccc3)n2)cc1. The highest BCUT2D eigenvalue weighted by Gasteiger charge is 2.15. The largest absolute Gasteiger partial charge is 0.481 e. The van der Waals surface area contributed by atoms with Crippen LogP contribution in [-0.2, 0) is 17.8 Å². The number of hydrogen-bond donors (Lipinski definition) is 1. The fraction of sp³-hybridized carbons (Fsp3) is 0.138. The van der Waals surface area contributed by atoms with Crippen LogP contribution in [-0.4, -0.2) is 25.8 Å². The van der Waals surface area contributed by atoms with Crippen molar-refractivity contribution in [2.75, 3.05) is 0 Å². The third-order valence-corrected chi connectivity index (χ3v) is 5.75. The molecular weight excluding hydrogens is 454 g/mol. The Morgan fingerprint density at radius 2 is 1.61 bits per heavy atom. The summed E-state index contributed by atoms with van der Waals surface area (Å²) in [5, 5.41) is 13.9. The zero-order chi connectivity index (χ0) is 24.9. The molecule has 5 rings (SSSR count). The number of ether oxygens (including phenoxy) is 1. The number of aliphatic carboxylic acids is 1. The molecule has 0 atom stereocenters. The number of aromatic nitrogens is 3. The molecule has 0 aliphatic rings. The molecule has 0 bridgehead atoms. The van der Waals surface area contributed by atoms with E-state index in [0.717, 1.165) is 27.9 Å². The van der Waals surface area contributed by atoms with Crippen LogP contribution >= 0.6 is 0 Å². The van der Waals surface area contributed by atoms with E-state index < -0.39 is 5.97 Å². The van der Waals surface area contributed by atoms with Gasteiger partial charge in [0.25, 0.3) is 5.88 Å². The fourth-order valence-electron chi connectivity index (χ4n) is 3.95. The molecule has 7 heteroatoms. The lowest BCUT2D eigenvalue weighted by molar-refractivity contribution is -0.136. The molecule has 2 heterocycles. The summed E-state index contributed by atoms with van der Waals surface area (Å²) < 4.78 is 13.6. The highest BCUT2D eigenvalue weighted by molar-refractivity contribution is 5.68. The van der Waals surface area contributed by atoms with Gasteiger partial charge in [0, 0.05) is 23.7 Å². The molecule has 0 fully saturated rings. The Balaban J connectivity index is 1.31. The van der Waals surface area contributed by atoms with Gasteiger partial charge in [-0.25, -0.2) is 0 Å². The van der Waals surface area contributed by atoms with Gasteiger partial charge < -0.3 is 14.3 Å². The van der Waals surface area contributed by atoms with Crippen LogP contribution in [0, 0.1) is 6.92 Å². The second-order valence-corrected chi connectivity index (χ2v) is 8.45. The number of benzene rings is 3. The lowest BCUT2D eigenvalue weighted by atomic mass is 10.0. The zero-order valence-corrected chi connectivity index (χ0v) is 19.8. The van der Waals surface area contributed by atoms with E-state index in [1.165, 1.54) is 0 Å². The van der Waals surface area contributed by atoms with Crippen molar-refractivity contribution in [3.63, 3.8) is 0 Å². The number of oxazole rings is 1. The van der Waals surface area contributed by atoms with Gasteiger partial charge in [0.15, 0.2) is 5.76 Å². The van der Waals surface area contributed by atoms with Crippen LogP contribution in [0.1, 0.15) is 23.3 Å². The van der Waals surface area contributed by atoms with Crippen LogP contribution in [0.15, 0.2) is 95.5 Å². The predicted molar refractivity (Wildman–Crippen MR) is 136 cm³/mol. The van der Waals surface area contributed by atoms with Gasteiger partial charge in [-0.3, -0.25) is 9.48 Å². The minimum atomic E-state index is -0.824. The lowest BCUT2D eigenvalue weighted by Gasteiger charge is -2.05. The Kier molecular flexibility index (Phi) is 6.62. The van der Waals surface area contributed by atoms with E-state index in [1.807, 2.05) is 103 Å². The second-order valence-electron chi connectivity index (χ2n) is 8.45. The van der Waals surface area contributed by atoms with Crippen LogP contribution in [0.2, 0.25) is 0 Å². The van der Waals surface area contributed by atoms with Gasteiger partial charge in [0.2, 0.25) is 5.89 Å². The first-order valence-corrected chi connectivity index (χ1v) is 11.7. The Labute approximate surface area is 208 Å². The van der Waals surface area contributed by atoms with Gasteiger partial charge in [-0.15, -0.1) is 0 Å². The number of hydrogen-bond acceptors (Lipinski definition) is 5. The van der Waals surface area contributed by atoms with Crippen molar-refractivity contribution in [1.29, 1.82) is 0 Å². The van der Waals surface area contributed by atoms with E-state index >= 15 is 0 Å². The molecule has 0 radical (unpaired) electrons. The number of carbonyl (C=O) groups is 1. The number of aryl methyl sites for hydroxylation is 2. The molecule has 0 unspecified atom stereocenters. The average molecular weight is 480 g/mol. The summed E-state index contributed by atoms with van der Waals surface area (Å²) in [6.45, 7) is 2.38. The van der Waals surface area contributed by atoms with Crippen molar-refractivity contribution in [3.8, 4) is 34.3 Å². The molecule has 7 nitrogen and oxygen atoms in total. The Hall–Kier alpha value is -4.65. The van der Waals surface area contributed by atoms with E-state index in [9.17, 15) is 4.79 Å². The number of carboxylic acids is 1. The maximum absolute atomic E-state index is 11.1. The second kappa shape index (κ2) is 10.3. The van der Waals surface area contributed by atoms with Gasteiger partial charge in [-0.2, -0.15) is 10.1 Å². The fourth-order valence-corrected chi connectivity index (χ4v) is 3.95. The predicted octanol–water partition coefficient (Wildman–Crippen LogP) is 6.37. The molecule has 3 aromatic carbocycles. The van der Waals surface area contributed by atoms with E-state index in [1.54, 1.807) is 0 Å². The molecule has 36 heavy (non-hydrogen) atoms. The Morgan fingerprint density at radius 1 is 0.944 bits per heavy atom. The summed E-state index contributed by atoms with van der Waals surface area (Å²) in [5.74, 6) is 1.39. The molecule has 0 aliphatic carbocycles. The number of rotatable bonds is 9. The van der Waals surface area contributed by atoms with Crippen LogP contribution < -0.4 is 4.74 Å². The molecule has 0 saturated carbocycles. The van der Waals surface area contributed by atoms with Gasteiger partial charge >= 0.3 is 5.97 Å². The number of carboxylic acid groups (broad SMARTS) is 1. The molecule has 2 aromatic heterocycles. The average Bonchev–Trinajstić information content (AvgIpc) is 3.48. The van der Waals surface area contributed by atoms with Crippen LogP contribution in [0.3, 0.4) is 0 Å². The maximum Gasteiger partial charge on any atom is 0.303 e. The Bertz CT molecular complexity index is 1460. The molecule has 5 aromatic rings. The van der Waals surface area contributed by atoms with Crippen molar-refractivity contribution in [2.45, 2.75) is 26.3 Å². The van der Waals surface area contributed by atoms with E-state index in [2.05, 4.69) is 4.98 Å². The Morgan fingerprint density at radius 3 is 2.28 bits per heavy atom. The van der Waals surface area contributed by atoms with Crippen molar-refractivity contribution < 1.29 is 19.1 Å². The first-order valence-electron chi connectivity index (χ1n) is 11.7. The summed E-state index contributed by atoms with van der Waals surface area (Å²) in [4.78, 5) is 15.6. The van der Waals surface area contributed by atoms with Gasteiger partial charge in [-0.05, 0) is 48.7 Å². The van der Waals surface area contributed by atoms with Gasteiger partial charge in [0.1, 0.15) is 5.75 Å². The van der Waals surface area contributed by atoms with E-state index in [4.69, 9.17) is 19.4 Å². The van der Waals surface area contributed by atoms with E-state index in [0.29, 0.717) is 36.2 Å². The molecule has 1 N–H and O–H groups in total. The third kappa shape index (κ3) is 5.36. The zero-order valence-electron chi connectivity index (χ0n) is 19.8. The topological polar surface area (TPSA) is 90.4 Å². The van der Waals surface area contributed by atoms with Crippen LogP contribution in [0.25, 0.3) is 22.7 Å². The first kappa shape index (κ1) is 23.1. The molecule has 180 valence electrons. The van der Waals surface area contributed by atoms with Crippen molar-refractivity contribution in [3.05, 3.63) is 108 Å². The minimum absolute atomic E-state index is 0.0605. The molecule has 0 saturated heterocycles. The summed E-state index contributed by atoms with van der Waals surface area (Å²) in [7, 11) is 0. The summed E-state index contributed by atoms with van der Waals surface area (Å²) in [6.07, 6.45) is 2.42. The lowest BCUT2D eigenvalue weighted by Crippen LogP contribution is -2.00. The van der Waals surface area contributed by atoms with Crippen molar-refractivity contribution in [1.82, 2.24) is 14.8 Å². The molecule has 0 aliphatic heterocycles. The summed E-state index contributed by atoms with van der Waals surface area (Å²) >= 11 is 0. The third-order valence-electron chi connectivity index (χ3n) is 5.75. The van der Waals surface area contributed by atoms with Crippen LogP contribution in [0.5, 0.6) is 11.6 Å². The molecule has 0 amide bonds. The van der Waals surface area contributed by atoms with Gasteiger partial charge in [0.05, 0.1) is 12.2 Å². The van der Waals surface area contributed by atoms with Crippen LogP contribution in [0.4, 0.5) is 0 Å². The van der Waals surface area contributed by atoms with Crippen molar-refractivity contribution in [2.24, 2.45) is 0 Å². The summed E-state index contributed by atoms with van der Waals surface area (Å²) in [6, 6.07) is 27.2.